The maximum Gasteiger partial charge on any atom is 0.224 e. The molecule has 152 valence electrons. The summed E-state index contributed by atoms with van der Waals surface area (Å²) in [5.74, 6) is 0.183. The van der Waals surface area contributed by atoms with Crippen molar-refractivity contribution in [1.29, 1.82) is 0 Å². The van der Waals surface area contributed by atoms with Gasteiger partial charge in [0.15, 0.2) is 0 Å². The number of carbonyl (C=O) groups is 2. The second-order valence-electron chi connectivity index (χ2n) is 7.00. The van der Waals surface area contributed by atoms with Crippen LogP contribution in [0.5, 0.6) is 0 Å². The van der Waals surface area contributed by atoms with Crippen molar-refractivity contribution in [3.8, 4) is 0 Å². The number of benzene rings is 1. The minimum atomic E-state index is -0.281. The van der Waals surface area contributed by atoms with Crippen molar-refractivity contribution >= 4 is 35.6 Å². The highest BCUT2D eigenvalue weighted by atomic mass is 35.5. The van der Waals surface area contributed by atoms with E-state index in [1.807, 2.05) is 46.7 Å². The van der Waals surface area contributed by atoms with Crippen LogP contribution in [0.15, 0.2) is 47.8 Å². The molecule has 28 heavy (non-hydrogen) atoms. The van der Waals surface area contributed by atoms with Crippen LogP contribution in [0.2, 0.25) is 0 Å². The standard InChI is InChI=1S/C21H27N3O2S.ClH/c22-19(16-5-2-1-3-6-16)15-20(25)24-12-9-17(10-13-24)21(26)23-11-8-18-7-4-14-27-18;/h1-7,14,17,19H,8-13,15,22H2,(H,23,26);1H. The number of nitrogens with zero attached hydrogens (tertiary/aromatic N) is 1. The Kier molecular flexibility index (Phi) is 8.96. The second kappa shape index (κ2) is 11.2. The van der Waals surface area contributed by atoms with Gasteiger partial charge in [0.25, 0.3) is 0 Å². The first-order valence-corrected chi connectivity index (χ1v) is 10.4. The van der Waals surface area contributed by atoms with Crippen molar-refractivity contribution < 1.29 is 9.59 Å². The molecule has 1 fully saturated rings. The second-order valence-corrected chi connectivity index (χ2v) is 8.03. The molecule has 0 spiro atoms. The molecule has 1 aliphatic rings. The number of hydrogen-bond acceptors (Lipinski definition) is 4. The zero-order chi connectivity index (χ0) is 19.1. The van der Waals surface area contributed by atoms with E-state index in [2.05, 4.69) is 11.4 Å². The molecule has 1 unspecified atom stereocenters. The Labute approximate surface area is 176 Å². The fourth-order valence-corrected chi connectivity index (χ4v) is 4.14. The third-order valence-corrected chi connectivity index (χ3v) is 6.03. The summed E-state index contributed by atoms with van der Waals surface area (Å²) in [6.45, 7) is 1.93. The quantitative estimate of drug-likeness (QED) is 0.721. The molecule has 2 heterocycles. The molecule has 7 heteroatoms. The molecule has 1 aromatic carbocycles. The molecule has 0 aliphatic carbocycles. The zero-order valence-electron chi connectivity index (χ0n) is 15.9. The Hall–Kier alpha value is -1.89. The van der Waals surface area contributed by atoms with Crippen LogP contribution in [0.25, 0.3) is 0 Å². The molecular formula is C21H28ClN3O2S. The van der Waals surface area contributed by atoms with E-state index in [1.165, 1.54) is 4.88 Å². The highest BCUT2D eigenvalue weighted by molar-refractivity contribution is 7.09. The van der Waals surface area contributed by atoms with Crippen LogP contribution in [-0.2, 0) is 16.0 Å². The van der Waals surface area contributed by atoms with Gasteiger partial charge in [0, 0.05) is 42.9 Å². The van der Waals surface area contributed by atoms with E-state index in [4.69, 9.17) is 5.73 Å². The number of nitrogens with two attached hydrogens (primary N) is 1. The normalized spacial score (nSPS) is 15.5. The van der Waals surface area contributed by atoms with Gasteiger partial charge in [-0.2, -0.15) is 0 Å². The highest BCUT2D eigenvalue weighted by Gasteiger charge is 2.27. The lowest BCUT2D eigenvalue weighted by molar-refractivity contribution is -0.135. The van der Waals surface area contributed by atoms with E-state index < -0.39 is 0 Å². The van der Waals surface area contributed by atoms with Gasteiger partial charge in [-0.3, -0.25) is 9.59 Å². The largest absolute Gasteiger partial charge is 0.355 e. The van der Waals surface area contributed by atoms with Gasteiger partial charge in [0.05, 0.1) is 0 Å². The summed E-state index contributed by atoms with van der Waals surface area (Å²) in [4.78, 5) is 28.0. The summed E-state index contributed by atoms with van der Waals surface area (Å²) in [6, 6.07) is 13.5. The lowest BCUT2D eigenvalue weighted by Crippen LogP contribution is -2.43. The fraction of sp³-hybridized carbons (Fsp3) is 0.429. The smallest absolute Gasteiger partial charge is 0.224 e. The topological polar surface area (TPSA) is 75.4 Å². The zero-order valence-corrected chi connectivity index (χ0v) is 17.5. The van der Waals surface area contributed by atoms with E-state index in [9.17, 15) is 9.59 Å². The molecule has 2 aromatic rings. The van der Waals surface area contributed by atoms with E-state index in [0.29, 0.717) is 26.1 Å². The summed E-state index contributed by atoms with van der Waals surface area (Å²) in [7, 11) is 0. The minimum absolute atomic E-state index is 0. The van der Waals surface area contributed by atoms with Crippen molar-refractivity contribution in [3.63, 3.8) is 0 Å². The number of likely N-dealkylation sites (tertiary alicyclic amines) is 1. The van der Waals surface area contributed by atoms with Gasteiger partial charge >= 0.3 is 0 Å². The summed E-state index contributed by atoms with van der Waals surface area (Å²) >= 11 is 1.71. The Morgan fingerprint density at radius 3 is 2.50 bits per heavy atom. The highest BCUT2D eigenvalue weighted by Crippen LogP contribution is 2.21. The molecule has 1 atom stereocenters. The average Bonchev–Trinajstić information content (AvgIpc) is 3.22. The maximum atomic E-state index is 12.5. The molecule has 0 radical (unpaired) electrons. The first-order valence-electron chi connectivity index (χ1n) is 9.52. The van der Waals surface area contributed by atoms with Crippen LogP contribution in [0.4, 0.5) is 0 Å². The molecule has 0 saturated carbocycles. The first-order chi connectivity index (χ1) is 13.1. The van der Waals surface area contributed by atoms with Crippen molar-refractivity contribution in [2.24, 2.45) is 11.7 Å². The van der Waals surface area contributed by atoms with Gasteiger partial charge in [0.1, 0.15) is 0 Å². The molecule has 2 amide bonds. The summed E-state index contributed by atoms with van der Waals surface area (Å²) < 4.78 is 0. The number of hydrogen-bond donors (Lipinski definition) is 2. The van der Waals surface area contributed by atoms with Crippen molar-refractivity contribution in [2.45, 2.75) is 31.7 Å². The lowest BCUT2D eigenvalue weighted by atomic mass is 9.95. The lowest BCUT2D eigenvalue weighted by Gasteiger charge is -2.32. The van der Waals surface area contributed by atoms with Gasteiger partial charge in [-0.25, -0.2) is 0 Å². The molecule has 1 aliphatic heterocycles. The number of rotatable bonds is 7. The van der Waals surface area contributed by atoms with E-state index in [-0.39, 0.29) is 36.2 Å². The Morgan fingerprint density at radius 1 is 1.14 bits per heavy atom. The summed E-state index contributed by atoms with van der Waals surface area (Å²) in [5.41, 5.74) is 7.14. The first kappa shape index (κ1) is 22.4. The van der Waals surface area contributed by atoms with Gasteiger partial charge in [-0.05, 0) is 36.3 Å². The number of nitrogens with one attached hydrogen (secondary N) is 1. The van der Waals surface area contributed by atoms with Gasteiger partial charge in [0.2, 0.25) is 11.8 Å². The van der Waals surface area contributed by atoms with E-state index >= 15 is 0 Å². The van der Waals surface area contributed by atoms with Gasteiger partial charge in [-0.15, -0.1) is 23.7 Å². The van der Waals surface area contributed by atoms with Gasteiger partial charge < -0.3 is 16.0 Å². The van der Waals surface area contributed by atoms with Crippen LogP contribution in [0.3, 0.4) is 0 Å². The van der Waals surface area contributed by atoms with Gasteiger partial charge in [-0.1, -0.05) is 36.4 Å². The minimum Gasteiger partial charge on any atom is -0.355 e. The van der Waals surface area contributed by atoms with Crippen LogP contribution in [-0.4, -0.2) is 36.3 Å². The number of piperidine rings is 1. The molecule has 1 saturated heterocycles. The van der Waals surface area contributed by atoms with Crippen LogP contribution in [0.1, 0.15) is 35.7 Å². The van der Waals surface area contributed by atoms with Crippen molar-refractivity contribution in [2.75, 3.05) is 19.6 Å². The third-order valence-electron chi connectivity index (χ3n) is 5.09. The number of thiophene rings is 1. The predicted octanol–water partition coefficient (Wildman–Crippen LogP) is 3.16. The number of halogens is 1. The maximum absolute atomic E-state index is 12.5. The Balaban J connectivity index is 0.00000280. The number of amides is 2. The predicted molar refractivity (Wildman–Crippen MR) is 116 cm³/mol. The molecule has 3 N–H and O–H groups in total. The monoisotopic (exact) mass is 421 g/mol. The van der Waals surface area contributed by atoms with E-state index in [0.717, 1.165) is 24.8 Å². The fourth-order valence-electron chi connectivity index (χ4n) is 3.43. The number of carbonyl (C=O) groups excluding carboxylic acids is 2. The third kappa shape index (κ3) is 6.33. The summed E-state index contributed by atoms with van der Waals surface area (Å²) in [6.07, 6.45) is 2.62. The molecule has 5 nitrogen and oxygen atoms in total. The van der Waals surface area contributed by atoms with Crippen molar-refractivity contribution in [3.05, 3.63) is 58.3 Å². The Bertz CT molecular complexity index is 731. The SMILES string of the molecule is Cl.NC(CC(=O)N1CCC(C(=O)NCCc2cccs2)CC1)c1ccccc1. The van der Waals surface area contributed by atoms with Crippen LogP contribution in [0, 0.1) is 5.92 Å². The molecule has 1 aromatic heterocycles. The molecule has 3 rings (SSSR count). The molecular weight excluding hydrogens is 394 g/mol. The van der Waals surface area contributed by atoms with E-state index in [1.54, 1.807) is 11.3 Å². The van der Waals surface area contributed by atoms with Crippen LogP contribution < -0.4 is 11.1 Å². The Morgan fingerprint density at radius 2 is 1.86 bits per heavy atom. The van der Waals surface area contributed by atoms with Crippen LogP contribution >= 0.6 is 23.7 Å². The summed E-state index contributed by atoms with van der Waals surface area (Å²) in [5, 5.41) is 5.08. The molecule has 0 bridgehead atoms. The van der Waals surface area contributed by atoms with Crippen molar-refractivity contribution in [1.82, 2.24) is 10.2 Å². The average molecular weight is 422 g/mol.